The van der Waals surface area contributed by atoms with Gasteiger partial charge in [0, 0.05) is 59.1 Å². The first-order chi connectivity index (χ1) is 20.3. The maximum absolute atomic E-state index is 14.6. The number of halogens is 1. The monoisotopic (exact) mass is 574 g/mol. The third-order valence-corrected chi connectivity index (χ3v) is 8.69. The van der Waals surface area contributed by atoms with Gasteiger partial charge in [-0.2, -0.15) is 0 Å². The zero-order valence-electron chi connectivity index (χ0n) is 24.6. The maximum Gasteiger partial charge on any atom is 0.270 e. The quantitative estimate of drug-likeness (QED) is 0.228. The SMILES string of the molecule is CC(C)N1CCC(NC(=O)c2cc(Oc3ccc4c(c3)nc(Nc3ccc(F)c(C5CCCC5)c3)n4C)ccn2)CC1.[HH].[HH]. The Morgan fingerprint density at radius 3 is 2.55 bits per heavy atom. The number of piperidine rings is 1. The van der Waals surface area contributed by atoms with Gasteiger partial charge >= 0.3 is 0 Å². The van der Waals surface area contributed by atoms with Crippen molar-refractivity contribution in [1.29, 1.82) is 0 Å². The molecule has 0 radical (unpaired) electrons. The second kappa shape index (κ2) is 12.1. The number of fused-ring (bicyclic) bond motifs is 1. The topological polar surface area (TPSA) is 84.3 Å². The summed E-state index contributed by atoms with van der Waals surface area (Å²) < 4.78 is 22.6. The number of hydrogen-bond acceptors (Lipinski definition) is 6. The van der Waals surface area contributed by atoms with Crippen LogP contribution in [0.25, 0.3) is 11.0 Å². The number of aryl methyl sites for hydroxylation is 1. The summed E-state index contributed by atoms with van der Waals surface area (Å²) in [5.74, 6) is 1.77. The minimum atomic E-state index is -0.184. The lowest BCUT2D eigenvalue weighted by molar-refractivity contribution is 0.0895. The number of imidazole rings is 1. The highest BCUT2D eigenvalue weighted by atomic mass is 19.1. The molecule has 8 nitrogen and oxygen atoms in total. The van der Waals surface area contributed by atoms with E-state index in [1.165, 1.54) is 0 Å². The highest BCUT2D eigenvalue weighted by Gasteiger charge is 2.23. The smallest absolute Gasteiger partial charge is 0.270 e. The Bertz CT molecular complexity index is 1580. The maximum atomic E-state index is 14.6. The van der Waals surface area contributed by atoms with Crippen LogP contribution in [0, 0.1) is 5.82 Å². The molecule has 1 saturated carbocycles. The van der Waals surface area contributed by atoms with Crippen LogP contribution in [0.2, 0.25) is 0 Å². The lowest BCUT2D eigenvalue weighted by atomic mass is 9.96. The number of carbonyl (C=O) groups is 1. The summed E-state index contributed by atoms with van der Waals surface area (Å²) in [7, 11) is 1.94. The van der Waals surface area contributed by atoms with Gasteiger partial charge in [-0.25, -0.2) is 9.37 Å². The molecule has 9 heteroatoms. The summed E-state index contributed by atoms with van der Waals surface area (Å²) in [4.78, 5) is 24.4. The van der Waals surface area contributed by atoms with Crippen LogP contribution in [0.4, 0.5) is 16.0 Å². The molecule has 224 valence electrons. The molecule has 0 bridgehead atoms. The van der Waals surface area contributed by atoms with Gasteiger partial charge in [0.15, 0.2) is 0 Å². The fourth-order valence-electron chi connectivity index (χ4n) is 6.21. The molecule has 2 aromatic carbocycles. The van der Waals surface area contributed by atoms with E-state index in [0.717, 1.165) is 73.9 Å². The number of amides is 1. The van der Waals surface area contributed by atoms with Crippen molar-refractivity contribution in [3.05, 3.63) is 71.8 Å². The molecule has 1 amide bonds. The third-order valence-electron chi connectivity index (χ3n) is 8.69. The Morgan fingerprint density at radius 2 is 1.79 bits per heavy atom. The first-order valence-electron chi connectivity index (χ1n) is 15.1. The minimum Gasteiger partial charge on any atom is -0.457 e. The van der Waals surface area contributed by atoms with Crippen molar-refractivity contribution in [2.24, 2.45) is 7.05 Å². The second-order valence-electron chi connectivity index (χ2n) is 11.8. The number of nitrogens with one attached hydrogen (secondary N) is 2. The van der Waals surface area contributed by atoms with Crippen molar-refractivity contribution in [3.8, 4) is 11.5 Å². The molecule has 4 aromatic rings. The molecule has 1 aliphatic carbocycles. The number of nitrogens with zero attached hydrogens (tertiary/aromatic N) is 4. The van der Waals surface area contributed by atoms with Gasteiger partial charge < -0.3 is 24.8 Å². The predicted molar refractivity (Wildman–Crippen MR) is 167 cm³/mol. The number of aromatic nitrogens is 3. The van der Waals surface area contributed by atoms with Gasteiger partial charge in [-0.15, -0.1) is 0 Å². The summed E-state index contributed by atoms with van der Waals surface area (Å²) in [6.45, 7) is 6.38. The van der Waals surface area contributed by atoms with E-state index < -0.39 is 0 Å². The van der Waals surface area contributed by atoms with Crippen LogP contribution in [-0.2, 0) is 7.05 Å². The standard InChI is InChI=1S/C33H39FN6O2.2H2/c1-21(2)40-16-13-23(14-17-40)36-32(41)30-20-26(12-15-35-30)42-25-9-11-31-29(19-25)38-33(39(31)3)37-24-8-10-28(34)27(18-24)22-6-4-5-7-22;;/h8-12,15,18-23H,4-7,13-14,16-17H2,1-3H3,(H,36,41)(H,37,38);2*1H. The van der Waals surface area contributed by atoms with E-state index in [9.17, 15) is 9.18 Å². The van der Waals surface area contributed by atoms with Crippen molar-refractivity contribution in [1.82, 2.24) is 24.8 Å². The molecular formula is C33H43FN6O2. The molecule has 2 fully saturated rings. The van der Waals surface area contributed by atoms with Crippen LogP contribution in [-0.4, -0.2) is 50.5 Å². The average molecular weight is 575 g/mol. The summed E-state index contributed by atoms with van der Waals surface area (Å²) >= 11 is 0. The zero-order valence-corrected chi connectivity index (χ0v) is 24.6. The van der Waals surface area contributed by atoms with Gasteiger partial charge in [-0.05, 0) is 87.4 Å². The molecule has 1 aliphatic heterocycles. The summed E-state index contributed by atoms with van der Waals surface area (Å²) in [5, 5.41) is 6.51. The minimum absolute atomic E-state index is 0. The Balaban J connectivity index is 0.00000221. The Kier molecular flexibility index (Phi) is 8.11. The van der Waals surface area contributed by atoms with Crippen molar-refractivity contribution >= 4 is 28.6 Å². The molecule has 1 saturated heterocycles. The highest BCUT2D eigenvalue weighted by molar-refractivity contribution is 5.92. The fourth-order valence-corrected chi connectivity index (χ4v) is 6.21. The van der Waals surface area contributed by atoms with Crippen molar-refractivity contribution < 1.29 is 16.8 Å². The van der Waals surface area contributed by atoms with Gasteiger partial charge in [-0.3, -0.25) is 9.78 Å². The lowest BCUT2D eigenvalue weighted by Gasteiger charge is -2.34. The van der Waals surface area contributed by atoms with E-state index in [-0.39, 0.29) is 26.5 Å². The number of hydrogen-bond donors (Lipinski definition) is 2. The van der Waals surface area contributed by atoms with Crippen molar-refractivity contribution in [2.45, 2.75) is 70.4 Å². The van der Waals surface area contributed by atoms with E-state index >= 15 is 0 Å². The van der Waals surface area contributed by atoms with Crippen LogP contribution in [0.3, 0.4) is 0 Å². The number of likely N-dealkylation sites (tertiary alicyclic amines) is 1. The molecule has 0 spiro atoms. The van der Waals surface area contributed by atoms with Crippen LogP contribution >= 0.6 is 0 Å². The van der Waals surface area contributed by atoms with Gasteiger partial charge in [0.1, 0.15) is 23.0 Å². The Hall–Kier alpha value is -3.98. The summed E-state index contributed by atoms with van der Waals surface area (Å²) in [6.07, 6.45) is 7.85. The van der Waals surface area contributed by atoms with Crippen LogP contribution in [0.15, 0.2) is 54.7 Å². The average Bonchev–Trinajstić information content (AvgIpc) is 3.63. The van der Waals surface area contributed by atoms with Crippen LogP contribution in [0.1, 0.15) is 77.2 Å². The van der Waals surface area contributed by atoms with E-state index in [4.69, 9.17) is 9.72 Å². The Labute approximate surface area is 249 Å². The number of pyridine rings is 1. The normalized spacial score (nSPS) is 16.8. The van der Waals surface area contributed by atoms with Crippen molar-refractivity contribution in [3.63, 3.8) is 0 Å². The highest BCUT2D eigenvalue weighted by Crippen LogP contribution is 2.37. The number of ether oxygens (including phenoxy) is 1. The van der Waals surface area contributed by atoms with Crippen LogP contribution in [0.5, 0.6) is 11.5 Å². The second-order valence-corrected chi connectivity index (χ2v) is 11.8. The van der Waals surface area contributed by atoms with Gasteiger partial charge in [0.05, 0.1) is 11.0 Å². The number of benzene rings is 2. The molecular weight excluding hydrogens is 531 g/mol. The summed E-state index contributed by atoms with van der Waals surface area (Å²) in [6, 6.07) is 15.0. The number of anilines is 2. The molecule has 2 N–H and O–H groups in total. The molecule has 6 rings (SSSR count). The molecule has 42 heavy (non-hydrogen) atoms. The molecule has 0 unspecified atom stereocenters. The largest absolute Gasteiger partial charge is 0.457 e. The van der Waals surface area contributed by atoms with E-state index in [1.807, 2.05) is 35.9 Å². The molecule has 0 atom stereocenters. The summed E-state index contributed by atoms with van der Waals surface area (Å²) in [5.41, 5.74) is 3.63. The van der Waals surface area contributed by atoms with Gasteiger partial charge in [-0.1, -0.05) is 12.8 Å². The molecule has 2 aliphatic rings. The number of carbonyl (C=O) groups excluding carboxylic acids is 1. The third kappa shape index (κ3) is 6.11. The predicted octanol–water partition coefficient (Wildman–Crippen LogP) is 7.40. The van der Waals surface area contributed by atoms with E-state index in [2.05, 4.69) is 34.4 Å². The van der Waals surface area contributed by atoms with E-state index in [1.54, 1.807) is 30.5 Å². The lowest BCUT2D eigenvalue weighted by Crippen LogP contribution is -2.46. The van der Waals surface area contributed by atoms with E-state index in [0.29, 0.717) is 29.2 Å². The number of rotatable bonds is 8. The Morgan fingerprint density at radius 1 is 1.02 bits per heavy atom. The first kappa shape index (κ1) is 28.2. The first-order valence-corrected chi connectivity index (χ1v) is 15.1. The van der Waals surface area contributed by atoms with Gasteiger partial charge in [0.25, 0.3) is 5.91 Å². The van der Waals surface area contributed by atoms with Crippen molar-refractivity contribution in [2.75, 3.05) is 18.4 Å². The van der Waals surface area contributed by atoms with Gasteiger partial charge in [0.2, 0.25) is 5.95 Å². The van der Waals surface area contributed by atoms with Crippen LogP contribution < -0.4 is 15.4 Å². The zero-order chi connectivity index (χ0) is 29.2. The fraction of sp³-hybridized carbons (Fsp3) is 0.424. The molecule has 3 heterocycles. The molecule has 2 aromatic heterocycles.